The molecule has 0 unspecified atom stereocenters. The summed E-state index contributed by atoms with van der Waals surface area (Å²) in [5.74, 6) is 0.423. The molecular weight excluding hydrogens is 484 g/mol. The Morgan fingerprint density at radius 3 is 2.43 bits per heavy atom. The third kappa shape index (κ3) is 4.41. The van der Waals surface area contributed by atoms with Gasteiger partial charge in [0.15, 0.2) is 5.13 Å². The van der Waals surface area contributed by atoms with Crippen molar-refractivity contribution < 1.29 is 9.53 Å². The van der Waals surface area contributed by atoms with Crippen LogP contribution < -0.4 is 10.1 Å². The first kappa shape index (κ1) is 20.6. The van der Waals surface area contributed by atoms with Crippen molar-refractivity contribution in [2.45, 2.75) is 0 Å². The van der Waals surface area contributed by atoms with Crippen LogP contribution in [0.4, 0.5) is 5.13 Å². The number of aromatic nitrogens is 1. The number of methoxy groups -OCH3 is 1. The summed E-state index contributed by atoms with van der Waals surface area (Å²) in [6.07, 6.45) is 0. The van der Waals surface area contributed by atoms with Crippen molar-refractivity contribution in [3.8, 4) is 27.4 Å². The van der Waals surface area contributed by atoms with Gasteiger partial charge in [0, 0.05) is 16.1 Å². The smallest absolute Gasteiger partial charge is 0.257 e. The summed E-state index contributed by atoms with van der Waals surface area (Å²) in [6, 6.07) is 22.7. The number of hydrogen-bond acceptors (Lipinski definition) is 4. The number of halogens is 2. The van der Waals surface area contributed by atoms with Crippen molar-refractivity contribution in [1.29, 1.82) is 0 Å². The van der Waals surface area contributed by atoms with E-state index in [-0.39, 0.29) is 5.91 Å². The van der Waals surface area contributed by atoms with E-state index in [0.717, 1.165) is 21.7 Å². The molecule has 0 fully saturated rings. The Hall–Kier alpha value is -2.67. The number of anilines is 1. The van der Waals surface area contributed by atoms with E-state index in [4.69, 9.17) is 21.3 Å². The second-order valence-corrected chi connectivity index (χ2v) is 8.66. The maximum Gasteiger partial charge on any atom is 0.257 e. The summed E-state index contributed by atoms with van der Waals surface area (Å²) in [5.41, 5.74) is 3.29. The number of carbonyl (C=O) groups excluding carboxylic acids is 1. The van der Waals surface area contributed by atoms with Crippen molar-refractivity contribution in [3.63, 3.8) is 0 Å². The van der Waals surface area contributed by atoms with Crippen molar-refractivity contribution in [3.05, 3.63) is 87.9 Å². The molecule has 1 aromatic heterocycles. The molecule has 0 bridgehead atoms. The largest absolute Gasteiger partial charge is 0.496 e. The topological polar surface area (TPSA) is 51.2 Å². The number of amides is 1. The molecule has 30 heavy (non-hydrogen) atoms. The van der Waals surface area contributed by atoms with Crippen LogP contribution in [0.25, 0.3) is 21.7 Å². The van der Waals surface area contributed by atoms with Crippen LogP contribution in [0, 0.1) is 0 Å². The number of nitrogens with one attached hydrogen (secondary N) is 1. The Balaban J connectivity index is 1.69. The number of carbonyl (C=O) groups is 1. The molecule has 1 N–H and O–H groups in total. The lowest BCUT2D eigenvalue weighted by atomic mass is 10.1. The Morgan fingerprint density at radius 2 is 1.77 bits per heavy atom. The fourth-order valence-electron chi connectivity index (χ4n) is 2.94. The summed E-state index contributed by atoms with van der Waals surface area (Å²) in [6.45, 7) is 0. The first-order chi connectivity index (χ1) is 14.5. The molecule has 0 aliphatic rings. The molecule has 0 radical (unpaired) electrons. The SMILES string of the molecule is COc1ccc(C(=O)Nc2nc(-c3ccccc3)c(-c3ccc(Cl)cc3)s2)cc1Br. The van der Waals surface area contributed by atoms with Crippen LogP contribution in [0.1, 0.15) is 10.4 Å². The molecule has 4 aromatic rings. The molecule has 0 saturated carbocycles. The van der Waals surface area contributed by atoms with Gasteiger partial charge in [0.2, 0.25) is 0 Å². The van der Waals surface area contributed by atoms with Crippen LogP contribution in [0.2, 0.25) is 5.02 Å². The monoisotopic (exact) mass is 498 g/mol. The van der Waals surface area contributed by atoms with Gasteiger partial charge in [-0.15, -0.1) is 0 Å². The average molecular weight is 500 g/mol. The summed E-state index contributed by atoms with van der Waals surface area (Å²) >= 11 is 10.9. The highest BCUT2D eigenvalue weighted by molar-refractivity contribution is 9.10. The lowest BCUT2D eigenvalue weighted by Gasteiger charge is -2.06. The average Bonchev–Trinajstić information content (AvgIpc) is 3.18. The van der Waals surface area contributed by atoms with Gasteiger partial charge in [0.1, 0.15) is 5.75 Å². The summed E-state index contributed by atoms with van der Waals surface area (Å²) in [7, 11) is 1.58. The number of benzene rings is 3. The second-order valence-electron chi connectivity index (χ2n) is 6.37. The number of thiazole rings is 1. The quantitative estimate of drug-likeness (QED) is 0.317. The first-order valence-electron chi connectivity index (χ1n) is 9.02. The Kier molecular flexibility index (Phi) is 6.18. The fraction of sp³-hybridized carbons (Fsp3) is 0.0435. The highest BCUT2D eigenvalue weighted by atomic mass is 79.9. The molecule has 1 amide bonds. The van der Waals surface area contributed by atoms with E-state index in [1.807, 2.05) is 54.6 Å². The van der Waals surface area contributed by atoms with Crippen LogP contribution >= 0.6 is 38.9 Å². The molecule has 0 spiro atoms. The van der Waals surface area contributed by atoms with E-state index in [0.29, 0.717) is 25.9 Å². The highest BCUT2D eigenvalue weighted by Gasteiger charge is 2.17. The minimum absolute atomic E-state index is 0.241. The predicted molar refractivity (Wildman–Crippen MR) is 127 cm³/mol. The third-order valence-corrected chi connectivity index (χ3v) is 6.31. The fourth-order valence-corrected chi connectivity index (χ4v) is 4.59. The normalized spacial score (nSPS) is 10.6. The van der Waals surface area contributed by atoms with Crippen LogP contribution in [-0.4, -0.2) is 18.0 Å². The molecule has 0 saturated heterocycles. The summed E-state index contributed by atoms with van der Waals surface area (Å²) in [5, 5.41) is 4.11. The van der Waals surface area contributed by atoms with Gasteiger partial charge in [-0.25, -0.2) is 4.98 Å². The van der Waals surface area contributed by atoms with Crippen LogP contribution in [0.3, 0.4) is 0 Å². The van der Waals surface area contributed by atoms with Gasteiger partial charge in [0.25, 0.3) is 5.91 Å². The zero-order chi connectivity index (χ0) is 21.1. The molecule has 0 aliphatic carbocycles. The van der Waals surface area contributed by atoms with Gasteiger partial charge in [-0.1, -0.05) is 65.4 Å². The number of nitrogens with zero attached hydrogens (tertiary/aromatic N) is 1. The maximum absolute atomic E-state index is 12.8. The third-order valence-electron chi connectivity index (χ3n) is 4.42. The number of ether oxygens (including phenoxy) is 1. The summed E-state index contributed by atoms with van der Waals surface area (Å²) in [4.78, 5) is 18.5. The predicted octanol–water partition coefficient (Wildman–Crippen LogP) is 7.15. The molecular formula is C23H16BrClN2O2S. The first-order valence-corrected chi connectivity index (χ1v) is 11.0. The van der Waals surface area contributed by atoms with Crippen molar-refractivity contribution in [2.75, 3.05) is 12.4 Å². The highest BCUT2D eigenvalue weighted by Crippen LogP contribution is 2.39. The van der Waals surface area contributed by atoms with Gasteiger partial charge < -0.3 is 4.74 Å². The Labute approximate surface area is 191 Å². The second kappa shape index (κ2) is 9.00. The maximum atomic E-state index is 12.8. The zero-order valence-corrected chi connectivity index (χ0v) is 19.0. The van der Waals surface area contributed by atoms with E-state index in [2.05, 4.69) is 21.2 Å². The van der Waals surface area contributed by atoms with Gasteiger partial charge in [-0.3, -0.25) is 10.1 Å². The number of rotatable bonds is 5. The van der Waals surface area contributed by atoms with Gasteiger partial charge in [-0.2, -0.15) is 0 Å². The lowest BCUT2D eigenvalue weighted by molar-refractivity contribution is 0.102. The van der Waals surface area contributed by atoms with Crippen LogP contribution in [0.15, 0.2) is 77.3 Å². The molecule has 1 heterocycles. The molecule has 4 rings (SSSR count). The van der Waals surface area contributed by atoms with Crippen molar-refractivity contribution in [2.24, 2.45) is 0 Å². The standard InChI is InChI=1S/C23H16BrClN2O2S/c1-29-19-12-9-16(13-18(19)24)22(28)27-23-26-20(14-5-3-2-4-6-14)21(30-23)15-7-10-17(25)11-8-15/h2-13H,1H3,(H,26,27,28). The molecule has 4 nitrogen and oxygen atoms in total. The molecule has 7 heteroatoms. The van der Waals surface area contributed by atoms with Crippen LogP contribution in [0.5, 0.6) is 5.75 Å². The Bertz CT molecular complexity index is 1190. The van der Waals surface area contributed by atoms with Gasteiger partial charge in [-0.05, 0) is 51.8 Å². The van der Waals surface area contributed by atoms with E-state index < -0.39 is 0 Å². The van der Waals surface area contributed by atoms with Crippen molar-refractivity contribution >= 4 is 49.9 Å². The molecule has 150 valence electrons. The van der Waals surface area contributed by atoms with E-state index >= 15 is 0 Å². The van der Waals surface area contributed by atoms with Crippen molar-refractivity contribution in [1.82, 2.24) is 4.98 Å². The Morgan fingerprint density at radius 1 is 1.03 bits per heavy atom. The molecule has 0 atom stereocenters. The lowest BCUT2D eigenvalue weighted by Crippen LogP contribution is -2.11. The van der Waals surface area contributed by atoms with E-state index in [9.17, 15) is 4.79 Å². The number of hydrogen-bond donors (Lipinski definition) is 1. The molecule has 3 aromatic carbocycles. The van der Waals surface area contributed by atoms with E-state index in [1.54, 1.807) is 25.3 Å². The van der Waals surface area contributed by atoms with Crippen LogP contribution in [-0.2, 0) is 0 Å². The minimum atomic E-state index is -0.241. The van der Waals surface area contributed by atoms with E-state index in [1.165, 1.54) is 11.3 Å². The molecule has 0 aliphatic heterocycles. The summed E-state index contributed by atoms with van der Waals surface area (Å²) < 4.78 is 5.94. The van der Waals surface area contributed by atoms with Gasteiger partial charge in [0.05, 0.1) is 22.2 Å². The van der Waals surface area contributed by atoms with Gasteiger partial charge >= 0.3 is 0 Å². The minimum Gasteiger partial charge on any atom is -0.496 e. The zero-order valence-electron chi connectivity index (χ0n) is 15.9.